The topological polar surface area (TPSA) is 20.2 Å². The number of aliphatic hydroxyl groups is 1. The monoisotopic (exact) mass is 286 g/mol. The molecule has 1 unspecified atom stereocenters. The maximum atomic E-state index is 12.5. The standard InChI is InChI=1S/C14H13F3OS/c1-9-7-8-19-12(9)13(2,18)10-3-5-11(6-4-10)14(15,16)17/h3-8,18H,1-2H3. The maximum Gasteiger partial charge on any atom is 0.416 e. The molecule has 1 nitrogen and oxygen atoms in total. The zero-order chi connectivity index (χ0) is 14.3. The lowest BCUT2D eigenvalue weighted by molar-refractivity contribution is -0.137. The lowest BCUT2D eigenvalue weighted by atomic mass is 9.91. The molecular formula is C14H13F3OS. The summed E-state index contributed by atoms with van der Waals surface area (Å²) in [4.78, 5) is 0.743. The molecule has 0 aliphatic carbocycles. The van der Waals surface area contributed by atoms with E-state index in [2.05, 4.69) is 0 Å². The van der Waals surface area contributed by atoms with Gasteiger partial charge < -0.3 is 5.11 Å². The molecule has 0 aliphatic rings. The van der Waals surface area contributed by atoms with E-state index in [1.165, 1.54) is 23.5 Å². The van der Waals surface area contributed by atoms with Crippen LogP contribution in [-0.2, 0) is 11.8 Å². The molecule has 0 fully saturated rings. The molecule has 0 saturated carbocycles. The van der Waals surface area contributed by atoms with Crippen molar-refractivity contribution in [1.82, 2.24) is 0 Å². The first-order valence-corrected chi connectivity index (χ1v) is 6.55. The Balaban J connectivity index is 2.40. The fraction of sp³-hybridized carbons (Fsp3) is 0.286. The number of hydrogen-bond acceptors (Lipinski definition) is 2. The summed E-state index contributed by atoms with van der Waals surface area (Å²) in [6, 6.07) is 6.50. The molecule has 19 heavy (non-hydrogen) atoms. The normalized spacial score (nSPS) is 15.3. The maximum absolute atomic E-state index is 12.5. The molecule has 0 amide bonds. The van der Waals surface area contributed by atoms with Gasteiger partial charge in [0.2, 0.25) is 0 Å². The molecular weight excluding hydrogens is 273 g/mol. The molecule has 0 spiro atoms. The second kappa shape index (κ2) is 4.65. The Morgan fingerprint density at radius 3 is 1.95 bits per heavy atom. The summed E-state index contributed by atoms with van der Waals surface area (Å²) in [5.41, 5.74) is -0.613. The van der Waals surface area contributed by atoms with Crippen molar-refractivity contribution in [3.05, 3.63) is 57.3 Å². The fourth-order valence-corrected chi connectivity index (χ4v) is 3.00. The minimum Gasteiger partial charge on any atom is -0.380 e. The van der Waals surface area contributed by atoms with Crippen LogP contribution in [0.25, 0.3) is 0 Å². The SMILES string of the molecule is Cc1ccsc1C(C)(O)c1ccc(C(F)(F)F)cc1. The first-order chi connectivity index (χ1) is 8.73. The Labute approximate surface area is 113 Å². The lowest BCUT2D eigenvalue weighted by Gasteiger charge is -2.24. The van der Waals surface area contributed by atoms with Gasteiger partial charge in [-0.3, -0.25) is 0 Å². The van der Waals surface area contributed by atoms with Crippen LogP contribution in [-0.4, -0.2) is 5.11 Å². The molecule has 0 bridgehead atoms. The van der Waals surface area contributed by atoms with Crippen molar-refractivity contribution in [2.24, 2.45) is 0 Å². The first-order valence-electron chi connectivity index (χ1n) is 5.67. The molecule has 2 aromatic rings. The van der Waals surface area contributed by atoms with Crippen LogP contribution in [0.15, 0.2) is 35.7 Å². The van der Waals surface area contributed by atoms with Gasteiger partial charge in [0.25, 0.3) is 0 Å². The number of alkyl halides is 3. The molecule has 2 rings (SSSR count). The number of rotatable bonds is 2. The van der Waals surface area contributed by atoms with Gasteiger partial charge in [-0.2, -0.15) is 13.2 Å². The second-order valence-corrected chi connectivity index (χ2v) is 5.50. The van der Waals surface area contributed by atoms with E-state index in [0.717, 1.165) is 22.6 Å². The quantitative estimate of drug-likeness (QED) is 0.871. The molecule has 1 aromatic heterocycles. The average Bonchev–Trinajstić information content (AvgIpc) is 2.75. The van der Waals surface area contributed by atoms with Gasteiger partial charge in [-0.05, 0) is 48.6 Å². The van der Waals surface area contributed by atoms with Gasteiger partial charge in [0.1, 0.15) is 5.60 Å². The van der Waals surface area contributed by atoms with Crippen LogP contribution in [0.1, 0.15) is 28.5 Å². The van der Waals surface area contributed by atoms with Crippen molar-refractivity contribution in [2.45, 2.75) is 25.6 Å². The molecule has 1 heterocycles. The van der Waals surface area contributed by atoms with Gasteiger partial charge in [-0.1, -0.05) is 12.1 Å². The summed E-state index contributed by atoms with van der Waals surface area (Å²) in [6.07, 6.45) is -4.36. The van der Waals surface area contributed by atoms with Gasteiger partial charge in [-0.25, -0.2) is 0 Å². The molecule has 0 saturated heterocycles. The third-order valence-electron chi connectivity index (χ3n) is 3.08. The Morgan fingerprint density at radius 1 is 1.00 bits per heavy atom. The number of aryl methyl sites for hydroxylation is 1. The van der Waals surface area contributed by atoms with Crippen LogP contribution >= 0.6 is 11.3 Å². The third kappa shape index (κ3) is 2.67. The highest BCUT2D eigenvalue weighted by Crippen LogP contribution is 2.36. The highest BCUT2D eigenvalue weighted by Gasteiger charge is 2.32. The van der Waals surface area contributed by atoms with Crippen molar-refractivity contribution in [3.8, 4) is 0 Å². The van der Waals surface area contributed by atoms with Crippen molar-refractivity contribution in [2.75, 3.05) is 0 Å². The minimum absolute atomic E-state index is 0.450. The number of hydrogen-bond donors (Lipinski definition) is 1. The summed E-state index contributed by atoms with van der Waals surface area (Å²) < 4.78 is 37.5. The van der Waals surface area contributed by atoms with Crippen LogP contribution < -0.4 is 0 Å². The molecule has 1 N–H and O–H groups in total. The summed E-state index contributed by atoms with van der Waals surface area (Å²) in [5.74, 6) is 0. The van der Waals surface area contributed by atoms with Crippen molar-refractivity contribution >= 4 is 11.3 Å². The summed E-state index contributed by atoms with van der Waals surface area (Å²) in [5, 5.41) is 12.4. The molecule has 0 aliphatic heterocycles. The Kier molecular flexibility index (Phi) is 3.45. The van der Waals surface area contributed by atoms with E-state index in [-0.39, 0.29) is 0 Å². The first kappa shape index (κ1) is 14.1. The van der Waals surface area contributed by atoms with Crippen molar-refractivity contribution in [3.63, 3.8) is 0 Å². The van der Waals surface area contributed by atoms with E-state index < -0.39 is 17.3 Å². The van der Waals surface area contributed by atoms with E-state index in [0.29, 0.717) is 5.56 Å². The molecule has 0 radical (unpaired) electrons. The third-order valence-corrected chi connectivity index (χ3v) is 4.31. The van der Waals surface area contributed by atoms with Crippen LogP contribution in [0.2, 0.25) is 0 Å². The predicted octanol–water partition coefficient (Wildman–Crippen LogP) is 4.33. The number of benzene rings is 1. The molecule has 102 valence electrons. The van der Waals surface area contributed by atoms with Crippen LogP contribution in [0, 0.1) is 6.92 Å². The Hall–Kier alpha value is -1.33. The van der Waals surface area contributed by atoms with Crippen LogP contribution in [0.3, 0.4) is 0 Å². The predicted molar refractivity (Wildman–Crippen MR) is 69.2 cm³/mol. The Morgan fingerprint density at radius 2 is 1.53 bits per heavy atom. The zero-order valence-corrected chi connectivity index (χ0v) is 11.3. The van der Waals surface area contributed by atoms with Gasteiger partial charge in [0, 0.05) is 4.88 Å². The summed E-state index contributed by atoms with van der Waals surface area (Å²) >= 11 is 1.39. The smallest absolute Gasteiger partial charge is 0.380 e. The summed E-state index contributed by atoms with van der Waals surface area (Å²) in [7, 11) is 0. The van der Waals surface area contributed by atoms with E-state index in [1.807, 2.05) is 18.4 Å². The highest BCUT2D eigenvalue weighted by atomic mass is 32.1. The average molecular weight is 286 g/mol. The van der Waals surface area contributed by atoms with Gasteiger partial charge in [0.05, 0.1) is 5.56 Å². The molecule has 1 aromatic carbocycles. The number of thiophene rings is 1. The van der Waals surface area contributed by atoms with Gasteiger partial charge in [0.15, 0.2) is 0 Å². The summed E-state index contributed by atoms with van der Waals surface area (Å²) in [6.45, 7) is 3.46. The highest BCUT2D eigenvalue weighted by molar-refractivity contribution is 7.10. The van der Waals surface area contributed by atoms with Crippen molar-refractivity contribution in [1.29, 1.82) is 0 Å². The zero-order valence-electron chi connectivity index (χ0n) is 10.5. The van der Waals surface area contributed by atoms with Gasteiger partial charge >= 0.3 is 6.18 Å². The van der Waals surface area contributed by atoms with E-state index >= 15 is 0 Å². The van der Waals surface area contributed by atoms with Crippen LogP contribution in [0.5, 0.6) is 0 Å². The van der Waals surface area contributed by atoms with E-state index in [4.69, 9.17) is 0 Å². The van der Waals surface area contributed by atoms with Gasteiger partial charge in [-0.15, -0.1) is 11.3 Å². The fourth-order valence-electron chi connectivity index (χ4n) is 1.99. The number of halogens is 3. The lowest BCUT2D eigenvalue weighted by Crippen LogP contribution is -2.22. The van der Waals surface area contributed by atoms with E-state index in [9.17, 15) is 18.3 Å². The van der Waals surface area contributed by atoms with Crippen molar-refractivity contribution < 1.29 is 18.3 Å². The van der Waals surface area contributed by atoms with E-state index in [1.54, 1.807) is 6.92 Å². The molecule has 1 atom stereocenters. The minimum atomic E-state index is -4.36. The Bertz CT molecular complexity index is 567. The largest absolute Gasteiger partial charge is 0.416 e. The molecule has 5 heteroatoms. The van der Waals surface area contributed by atoms with Crippen LogP contribution in [0.4, 0.5) is 13.2 Å². The second-order valence-electron chi connectivity index (χ2n) is 4.58.